The Morgan fingerprint density at radius 1 is 1.00 bits per heavy atom. The van der Waals surface area contributed by atoms with E-state index in [0.29, 0.717) is 33.3 Å². The Morgan fingerprint density at radius 3 is 2.14 bits per heavy atom. The Balaban J connectivity index is 2.11. The van der Waals surface area contributed by atoms with Crippen molar-refractivity contribution in [3.05, 3.63) is 99.2 Å². The van der Waals surface area contributed by atoms with Crippen molar-refractivity contribution < 1.29 is 19.1 Å². The molecule has 0 amide bonds. The molecule has 0 aliphatic carbocycles. The Kier molecular flexibility index (Phi) is 7.05. The highest BCUT2D eigenvalue weighted by Gasteiger charge is 2.43. The molecule has 2 heterocycles. The number of aromatic nitrogens is 2. The number of hydrogen-bond donors (Lipinski definition) is 1. The lowest BCUT2D eigenvalue weighted by Crippen LogP contribution is -2.41. The number of allylic oxidation sites excluding steroid dienone is 1. The van der Waals surface area contributed by atoms with Crippen LogP contribution in [0.1, 0.15) is 22.9 Å². The number of methoxy groups -OCH3 is 2. The first-order valence-electron chi connectivity index (χ1n) is 11.2. The third-order valence-corrected chi connectivity index (χ3v) is 6.71. The Labute approximate surface area is 218 Å². The topological polar surface area (TPSA) is 123 Å². The van der Waals surface area contributed by atoms with E-state index in [1.165, 1.54) is 19.1 Å². The molecule has 9 nitrogen and oxygen atoms in total. The number of nitriles is 1. The van der Waals surface area contributed by atoms with Gasteiger partial charge in [0.1, 0.15) is 11.5 Å². The number of rotatable bonds is 5. The molecule has 1 atom stereocenters. The normalized spacial score (nSPS) is 15.5. The minimum Gasteiger partial charge on any atom is -0.466 e. The van der Waals surface area contributed by atoms with Crippen molar-refractivity contribution in [1.29, 1.82) is 5.26 Å². The molecule has 3 aromatic rings. The number of ether oxygens (including phenoxy) is 2. The monoisotopic (exact) mass is 517 g/mol. The molecule has 0 saturated carbocycles. The van der Waals surface area contributed by atoms with Gasteiger partial charge in [0.2, 0.25) is 0 Å². The summed E-state index contributed by atoms with van der Waals surface area (Å²) in [5.41, 5.74) is 9.20. The second kappa shape index (κ2) is 10.2. The van der Waals surface area contributed by atoms with Gasteiger partial charge >= 0.3 is 11.9 Å². The van der Waals surface area contributed by atoms with Crippen molar-refractivity contribution in [2.24, 2.45) is 5.73 Å². The van der Waals surface area contributed by atoms with Gasteiger partial charge in [-0.25, -0.2) is 14.3 Å². The first kappa shape index (κ1) is 25.5. The molecule has 1 aromatic heterocycles. The van der Waals surface area contributed by atoms with Crippen LogP contribution in [0.5, 0.6) is 0 Å². The van der Waals surface area contributed by atoms with E-state index in [4.69, 9.17) is 26.8 Å². The third kappa shape index (κ3) is 4.21. The van der Waals surface area contributed by atoms with Crippen LogP contribution in [-0.2, 0) is 19.1 Å². The number of benzene rings is 2. The minimum absolute atomic E-state index is 0.0375. The van der Waals surface area contributed by atoms with Crippen molar-refractivity contribution in [3.8, 4) is 11.8 Å². The molecule has 1 aliphatic heterocycles. The summed E-state index contributed by atoms with van der Waals surface area (Å²) >= 11 is 6.41. The maximum Gasteiger partial charge on any atom is 0.355 e. The number of hydrogen-bond acceptors (Lipinski definition) is 8. The Bertz CT molecular complexity index is 1500. The minimum atomic E-state index is -0.959. The molecule has 188 valence electrons. The SMILES string of the molecule is COC(=O)C1=C(C(=O)OC)N(c2ccccc2-n2nc(C)c(Cl)c2C)C(N)=C(C#N)C1c1ccccc1. The van der Waals surface area contributed by atoms with E-state index in [0.717, 1.165) is 0 Å². The fourth-order valence-electron chi connectivity index (χ4n) is 4.45. The molecule has 0 fully saturated rings. The van der Waals surface area contributed by atoms with Crippen LogP contribution in [0.3, 0.4) is 0 Å². The summed E-state index contributed by atoms with van der Waals surface area (Å²) in [6, 6.07) is 18.0. The number of aryl methyl sites for hydroxylation is 1. The standard InChI is InChI=1S/C27H24ClN5O4/c1-15-23(28)16(2)33(31-15)20-13-9-8-12-19(20)32-24(27(35)37-4)22(26(34)36-3)21(18(14-29)25(32)30)17-10-6-5-7-11-17/h5-13,21H,30H2,1-4H3. The molecule has 1 unspecified atom stereocenters. The maximum absolute atomic E-state index is 13.3. The summed E-state index contributed by atoms with van der Waals surface area (Å²) in [4.78, 5) is 27.9. The lowest BCUT2D eigenvalue weighted by molar-refractivity contribution is -0.139. The second-order valence-corrected chi connectivity index (χ2v) is 8.60. The van der Waals surface area contributed by atoms with Crippen LogP contribution < -0.4 is 10.6 Å². The van der Waals surface area contributed by atoms with Crippen LogP contribution in [0.15, 0.2) is 77.3 Å². The fraction of sp³-hybridized carbons (Fsp3) is 0.185. The third-order valence-electron chi connectivity index (χ3n) is 6.16. The van der Waals surface area contributed by atoms with Gasteiger partial charge in [0.05, 0.1) is 65.1 Å². The average Bonchev–Trinajstić information content (AvgIpc) is 3.18. The summed E-state index contributed by atoms with van der Waals surface area (Å²) in [6.07, 6.45) is 0. The van der Waals surface area contributed by atoms with E-state index >= 15 is 0 Å². The summed E-state index contributed by atoms with van der Waals surface area (Å²) in [6.45, 7) is 3.58. The molecule has 10 heteroatoms. The van der Waals surface area contributed by atoms with Gasteiger partial charge in [-0.3, -0.25) is 4.90 Å². The quantitative estimate of drug-likeness (QED) is 0.503. The molecular formula is C27H24ClN5O4. The van der Waals surface area contributed by atoms with Crippen LogP contribution in [0.25, 0.3) is 5.69 Å². The molecule has 2 aromatic carbocycles. The number of para-hydroxylation sites is 2. The van der Waals surface area contributed by atoms with Gasteiger partial charge in [-0.15, -0.1) is 0 Å². The second-order valence-electron chi connectivity index (χ2n) is 8.22. The van der Waals surface area contributed by atoms with E-state index in [-0.39, 0.29) is 22.7 Å². The van der Waals surface area contributed by atoms with Gasteiger partial charge in [0, 0.05) is 0 Å². The zero-order chi connectivity index (χ0) is 26.9. The lowest BCUT2D eigenvalue weighted by atomic mass is 9.81. The Hall–Kier alpha value is -4.55. The van der Waals surface area contributed by atoms with Gasteiger partial charge < -0.3 is 15.2 Å². The number of carbonyl (C=O) groups is 2. The molecule has 0 saturated heterocycles. The first-order valence-corrected chi connectivity index (χ1v) is 11.6. The molecule has 37 heavy (non-hydrogen) atoms. The molecule has 0 radical (unpaired) electrons. The fourth-order valence-corrected chi connectivity index (χ4v) is 4.57. The van der Waals surface area contributed by atoms with Gasteiger partial charge in [0.25, 0.3) is 0 Å². The molecule has 4 rings (SSSR count). The zero-order valence-electron chi connectivity index (χ0n) is 20.7. The summed E-state index contributed by atoms with van der Waals surface area (Å²) in [7, 11) is 2.41. The van der Waals surface area contributed by atoms with Crippen molar-refractivity contribution in [2.75, 3.05) is 19.1 Å². The van der Waals surface area contributed by atoms with Crippen LogP contribution in [-0.4, -0.2) is 35.9 Å². The number of carbonyl (C=O) groups excluding carboxylic acids is 2. The van der Waals surface area contributed by atoms with E-state index in [1.54, 1.807) is 73.1 Å². The summed E-state index contributed by atoms with van der Waals surface area (Å²) < 4.78 is 11.8. The number of halogens is 1. The van der Waals surface area contributed by atoms with Crippen LogP contribution in [0.4, 0.5) is 5.69 Å². The predicted molar refractivity (Wildman–Crippen MR) is 138 cm³/mol. The van der Waals surface area contributed by atoms with Crippen molar-refractivity contribution in [3.63, 3.8) is 0 Å². The highest BCUT2D eigenvalue weighted by molar-refractivity contribution is 6.31. The summed E-state index contributed by atoms with van der Waals surface area (Å²) in [5.74, 6) is -2.63. The van der Waals surface area contributed by atoms with E-state index in [2.05, 4.69) is 11.2 Å². The van der Waals surface area contributed by atoms with Crippen molar-refractivity contribution in [2.45, 2.75) is 19.8 Å². The molecule has 2 N–H and O–H groups in total. The highest BCUT2D eigenvalue weighted by atomic mass is 35.5. The van der Waals surface area contributed by atoms with Crippen LogP contribution in [0.2, 0.25) is 5.02 Å². The van der Waals surface area contributed by atoms with Crippen LogP contribution in [0, 0.1) is 25.2 Å². The predicted octanol–water partition coefficient (Wildman–Crippen LogP) is 4.04. The van der Waals surface area contributed by atoms with E-state index in [1.807, 2.05) is 0 Å². The maximum atomic E-state index is 13.3. The van der Waals surface area contributed by atoms with Gasteiger partial charge in [-0.1, -0.05) is 54.1 Å². The van der Waals surface area contributed by atoms with Crippen molar-refractivity contribution in [1.82, 2.24) is 9.78 Å². The van der Waals surface area contributed by atoms with E-state index < -0.39 is 17.9 Å². The molecule has 0 bridgehead atoms. The highest BCUT2D eigenvalue weighted by Crippen LogP contribution is 2.44. The van der Waals surface area contributed by atoms with Crippen LogP contribution >= 0.6 is 11.6 Å². The largest absolute Gasteiger partial charge is 0.466 e. The van der Waals surface area contributed by atoms with Gasteiger partial charge in [-0.2, -0.15) is 10.4 Å². The Morgan fingerprint density at radius 2 is 1.59 bits per heavy atom. The molecular weight excluding hydrogens is 494 g/mol. The smallest absolute Gasteiger partial charge is 0.355 e. The molecule has 0 spiro atoms. The lowest BCUT2D eigenvalue weighted by Gasteiger charge is -2.36. The number of nitrogens with two attached hydrogens (primary N) is 1. The number of nitrogens with zero attached hydrogens (tertiary/aromatic N) is 4. The van der Waals surface area contributed by atoms with Crippen molar-refractivity contribution >= 4 is 29.2 Å². The average molecular weight is 518 g/mol. The summed E-state index contributed by atoms with van der Waals surface area (Å²) in [5, 5.41) is 15.3. The molecule has 1 aliphatic rings. The number of esters is 2. The first-order chi connectivity index (χ1) is 17.8. The van der Waals surface area contributed by atoms with E-state index in [9.17, 15) is 14.9 Å². The van der Waals surface area contributed by atoms with Gasteiger partial charge in [0.15, 0.2) is 0 Å². The van der Waals surface area contributed by atoms with Gasteiger partial charge in [-0.05, 0) is 31.5 Å². The zero-order valence-corrected chi connectivity index (χ0v) is 21.4. The number of anilines is 1.